The lowest BCUT2D eigenvalue weighted by Crippen LogP contribution is -2.10. The van der Waals surface area contributed by atoms with Gasteiger partial charge in [0.2, 0.25) is 0 Å². The van der Waals surface area contributed by atoms with E-state index in [2.05, 4.69) is 4.98 Å². The highest BCUT2D eigenvalue weighted by Crippen LogP contribution is 2.25. The van der Waals surface area contributed by atoms with E-state index >= 15 is 0 Å². The Morgan fingerprint density at radius 2 is 1.95 bits per heavy atom. The average Bonchev–Trinajstić information content (AvgIpc) is 2.46. The number of ketones is 1. The molecule has 0 unspecified atom stereocenters. The predicted octanol–water partition coefficient (Wildman–Crippen LogP) is 3.18. The topological polar surface area (TPSA) is 39.2 Å². The van der Waals surface area contributed by atoms with Gasteiger partial charge in [-0.05, 0) is 54.3 Å². The first-order chi connectivity index (χ1) is 9.33. The quantitative estimate of drug-likeness (QED) is 0.843. The van der Waals surface area contributed by atoms with Gasteiger partial charge in [0, 0.05) is 24.4 Å². The highest BCUT2D eigenvalue weighted by atomic mass is 16.5. The number of ether oxygens (including phenoxy) is 1. The minimum Gasteiger partial charge on any atom is -0.489 e. The number of pyridine rings is 1. The number of carbonyl (C=O) groups excluding carboxylic acids is 1. The molecule has 2 aromatic rings. The van der Waals surface area contributed by atoms with E-state index < -0.39 is 0 Å². The molecule has 0 amide bonds. The second-order valence-corrected chi connectivity index (χ2v) is 4.74. The zero-order valence-corrected chi connectivity index (χ0v) is 10.6. The summed E-state index contributed by atoms with van der Waals surface area (Å²) in [6, 6.07) is 9.62. The standard InChI is InChI=1S/C16H15NO2/c18-16-3-1-2-13-10-14(4-5-15(13)16)19-11-12-6-8-17-9-7-12/h4-10H,1-3,11H2. The second-order valence-electron chi connectivity index (χ2n) is 4.74. The van der Waals surface area contributed by atoms with Crippen LogP contribution in [0.15, 0.2) is 42.7 Å². The van der Waals surface area contributed by atoms with Crippen molar-refractivity contribution in [3.8, 4) is 5.75 Å². The third-order valence-electron chi connectivity index (χ3n) is 3.38. The van der Waals surface area contributed by atoms with Crippen LogP contribution in [0.25, 0.3) is 0 Å². The van der Waals surface area contributed by atoms with E-state index in [0.717, 1.165) is 35.3 Å². The molecule has 1 aliphatic rings. The zero-order valence-electron chi connectivity index (χ0n) is 10.6. The normalized spacial score (nSPS) is 14.0. The summed E-state index contributed by atoms with van der Waals surface area (Å²) in [5.41, 5.74) is 3.06. The van der Waals surface area contributed by atoms with Crippen LogP contribution < -0.4 is 4.74 Å². The molecule has 0 N–H and O–H groups in total. The molecule has 0 radical (unpaired) electrons. The number of benzene rings is 1. The highest BCUT2D eigenvalue weighted by Gasteiger charge is 2.17. The van der Waals surface area contributed by atoms with Crippen molar-refractivity contribution in [3.63, 3.8) is 0 Å². The van der Waals surface area contributed by atoms with Crippen LogP contribution in [0.3, 0.4) is 0 Å². The molecule has 0 aliphatic heterocycles. The van der Waals surface area contributed by atoms with E-state index in [1.807, 2.05) is 30.3 Å². The van der Waals surface area contributed by atoms with Crippen molar-refractivity contribution in [1.29, 1.82) is 0 Å². The fourth-order valence-electron chi connectivity index (χ4n) is 2.36. The molecule has 0 saturated carbocycles. The Bertz CT molecular complexity index is 593. The number of aromatic nitrogens is 1. The van der Waals surface area contributed by atoms with Gasteiger partial charge in [-0.2, -0.15) is 0 Å². The lowest BCUT2D eigenvalue weighted by Gasteiger charge is -2.16. The van der Waals surface area contributed by atoms with E-state index in [1.54, 1.807) is 12.4 Å². The molecule has 96 valence electrons. The van der Waals surface area contributed by atoms with Gasteiger partial charge in [0.25, 0.3) is 0 Å². The minimum atomic E-state index is 0.252. The van der Waals surface area contributed by atoms with Crippen molar-refractivity contribution in [3.05, 3.63) is 59.4 Å². The Morgan fingerprint density at radius 1 is 1.11 bits per heavy atom. The van der Waals surface area contributed by atoms with Crippen molar-refractivity contribution in [2.24, 2.45) is 0 Å². The van der Waals surface area contributed by atoms with E-state index in [1.165, 1.54) is 0 Å². The van der Waals surface area contributed by atoms with Gasteiger partial charge in [0.15, 0.2) is 5.78 Å². The largest absolute Gasteiger partial charge is 0.489 e. The SMILES string of the molecule is O=C1CCCc2cc(OCc3ccncc3)ccc21. The summed E-state index contributed by atoms with van der Waals surface area (Å²) in [5, 5.41) is 0. The van der Waals surface area contributed by atoms with Crippen LogP contribution in [0.5, 0.6) is 5.75 Å². The first kappa shape index (κ1) is 11.9. The zero-order chi connectivity index (χ0) is 13.1. The van der Waals surface area contributed by atoms with E-state index in [0.29, 0.717) is 13.0 Å². The minimum absolute atomic E-state index is 0.252. The molecule has 3 rings (SSSR count). The Hall–Kier alpha value is -2.16. The molecule has 19 heavy (non-hydrogen) atoms. The number of Topliss-reactive ketones (excluding diaryl/α,β-unsaturated/α-hetero) is 1. The van der Waals surface area contributed by atoms with Gasteiger partial charge in [-0.3, -0.25) is 9.78 Å². The van der Waals surface area contributed by atoms with Crippen molar-refractivity contribution in [1.82, 2.24) is 4.98 Å². The summed E-state index contributed by atoms with van der Waals surface area (Å²) < 4.78 is 5.75. The maximum atomic E-state index is 11.7. The molecule has 0 bridgehead atoms. The summed E-state index contributed by atoms with van der Waals surface area (Å²) in [7, 11) is 0. The molecule has 1 aromatic heterocycles. The molecule has 3 nitrogen and oxygen atoms in total. The number of hydrogen-bond donors (Lipinski definition) is 0. The highest BCUT2D eigenvalue weighted by molar-refractivity contribution is 5.98. The number of nitrogens with zero attached hydrogens (tertiary/aromatic N) is 1. The summed E-state index contributed by atoms with van der Waals surface area (Å²) in [6.45, 7) is 0.523. The number of carbonyl (C=O) groups is 1. The van der Waals surface area contributed by atoms with Crippen molar-refractivity contribution < 1.29 is 9.53 Å². The molecule has 3 heteroatoms. The molecular formula is C16H15NO2. The Kier molecular flexibility index (Phi) is 3.27. The molecular weight excluding hydrogens is 238 g/mol. The van der Waals surface area contributed by atoms with Crippen molar-refractivity contribution >= 4 is 5.78 Å². The lowest BCUT2D eigenvalue weighted by atomic mass is 9.90. The molecule has 0 fully saturated rings. The van der Waals surface area contributed by atoms with Gasteiger partial charge >= 0.3 is 0 Å². The van der Waals surface area contributed by atoms with Crippen LogP contribution in [0.1, 0.15) is 34.3 Å². The third kappa shape index (κ3) is 2.65. The maximum absolute atomic E-state index is 11.7. The van der Waals surface area contributed by atoms with Gasteiger partial charge in [-0.25, -0.2) is 0 Å². The van der Waals surface area contributed by atoms with Gasteiger partial charge in [0.1, 0.15) is 12.4 Å². The molecule has 0 spiro atoms. The molecule has 0 atom stereocenters. The van der Waals surface area contributed by atoms with Crippen LogP contribution in [0.4, 0.5) is 0 Å². The van der Waals surface area contributed by atoms with Crippen LogP contribution in [-0.2, 0) is 13.0 Å². The van der Waals surface area contributed by atoms with Crippen molar-refractivity contribution in [2.45, 2.75) is 25.9 Å². The fraction of sp³-hybridized carbons (Fsp3) is 0.250. The Balaban J connectivity index is 1.74. The van der Waals surface area contributed by atoms with E-state index in [-0.39, 0.29) is 5.78 Å². The van der Waals surface area contributed by atoms with Crippen LogP contribution in [0.2, 0.25) is 0 Å². The molecule has 0 saturated heterocycles. The van der Waals surface area contributed by atoms with Gasteiger partial charge in [-0.1, -0.05) is 0 Å². The molecule has 1 aliphatic carbocycles. The van der Waals surface area contributed by atoms with Crippen molar-refractivity contribution in [2.75, 3.05) is 0 Å². The number of hydrogen-bond acceptors (Lipinski definition) is 3. The summed E-state index contributed by atoms with van der Waals surface area (Å²) in [5.74, 6) is 1.08. The summed E-state index contributed by atoms with van der Waals surface area (Å²) in [6.07, 6.45) is 6.09. The maximum Gasteiger partial charge on any atom is 0.163 e. The number of aryl methyl sites for hydroxylation is 1. The van der Waals surface area contributed by atoms with Crippen LogP contribution in [-0.4, -0.2) is 10.8 Å². The van der Waals surface area contributed by atoms with Gasteiger partial charge < -0.3 is 4.74 Å². The van der Waals surface area contributed by atoms with Gasteiger partial charge in [0.05, 0.1) is 0 Å². The summed E-state index contributed by atoms with van der Waals surface area (Å²) in [4.78, 5) is 15.7. The first-order valence-electron chi connectivity index (χ1n) is 6.51. The smallest absolute Gasteiger partial charge is 0.163 e. The Labute approximate surface area is 112 Å². The van der Waals surface area contributed by atoms with Crippen LogP contribution >= 0.6 is 0 Å². The van der Waals surface area contributed by atoms with E-state index in [9.17, 15) is 4.79 Å². The van der Waals surface area contributed by atoms with E-state index in [4.69, 9.17) is 4.74 Å². The number of rotatable bonds is 3. The fourth-order valence-corrected chi connectivity index (χ4v) is 2.36. The number of fused-ring (bicyclic) bond motifs is 1. The monoisotopic (exact) mass is 253 g/mol. The van der Waals surface area contributed by atoms with Gasteiger partial charge in [-0.15, -0.1) is 0 Å². The Morgan fingerprint density at radius 3 is 2.79 bits per heavy atom. The summed E-state index contributed by atoms with van der Waals surface area (Å²) >= 11 is 0. The third-order valence-corrected chi connectivity index (χ3v) is 3.38. The van der Waals surface area contributed by atoms with Crippen LogP contribution in [0, 0.1) is 0 Å². The second kappa shape index (κ2) is 5.22. The molecule has 1 aromatic carbocycles. The molecule has 1 heterocycles. The first-order valence-corrected chi connectivity index (χ1v) is 6.51. The average molecular weight is 253 g/mol. The lowest BCUT2D eigenvalue weighted by molar-refractivity contribution is 0.0972. The predicted molar refractivity (Wildman–Crippen MR) is 72.3 cm³/mol.